The Labute approximate surface area is 187 Å². The van der Waals surface area contributed by atoms with E-state index in [-0.39, 0.29) is 11.5 Å². The molecule has 1 heterocycles. The van der Waals surface area contributed by atoms with Crippen molar-refractivity contribution >= 4 is 39.3 Å². The van der Waals surface area contributed by atoms with E-state index in [1.54, 1.807) is 49.6 Å². The summed E-state index contributed by atoms with van der Waals surface area (Å²) in [7, 11) is 1.58. The molecule has 0 saturated carbocycles. The minimum absolute atomic E-state index is 0.0798. The second-order valence-electron chi connectivity index (χ2n) is 6.84. The predicted octanol–water partition coefficient (Wildman–Crippen LogP) is 5.74. The molecule has 2 N–H and O–H groups in total. The maximum atomic E-state index is 13.2. The van der Waals surface area contributed by atoms with Crippen LogP contribution in [0, 0.1) is 0 Å². The highest BCUT2D eigenvalue weighted by Gasteiger charge is 2.22. The highest BCUT2D eigenvalue weighted by atomic mass is 32.1. The number of hydrogen-bond acceptors (Lipinski definition) is 6. The first kappa shape index (κ1) is 21.1. The number of ether oxygens (including phenoxy) is 2. The van der Waals surface area contributed by atoms with Gasteiger partial charge in [-0.05, 0) is 66.2 Å². The fourth-order valence-corrected chi connectivity index (χ4v) is 4.23. The summed E-state index contributed by atoms with van der Waals surface area (Å²) in [5.41, 5.74) is 1.14. The number of aromatic hydroxyl groups is 1. The molecule has 0 aliphatic heterocycles. The third-order valence-corrected chi connectivity index (χ3v) is 5.84. The van der Waals surface area contributed by atoms with Gasteiger partial charge in [0, 0.05) is 21.7 Å². The molecule has 7 heteroatoms. The summed E-state index contributed by atoms with van der Waals surface area (Å²) in [5.74, 6) is 0.441. The minimum atomic E-state index is -1.03. The van der Waals surface area contributed by atoms with Crippen LogP contribution < -0.4 is 9.47 Å². The number of carbonyl (C=O) groups excluding carboxylic acids is 1. The lowest BCUT2D eigenvalue weighted by Crippen LogP contribution is -2.00. The van der Waals surface area contributed by atoms with Gasteiger partial charge in [0.25, 0.3) is 0 Å². The molecule has 4 aromatic rings. The van der Waals surface area contributed by atoms with E-state index in [1.165, 1.54) is 29.5 Å². The number of thiophene rings is 1. The molecule has 0 spiro atoms. The fraction of sp³-hybridized carbons (Fsp3) is 0.0400. The number of fused-ring (bicyclic) bond motifs is 1. The highest BCUT2D eigenvalue weighted by molar-refractivity contribution is 7.21. The van der Waals surface area contributed by atoms with Gasteiger partial charge in [-0.2, -0.15) is 0 Å². The van der Waals surface area contributed by atoms with Crippen molar-refractivity contribution in [2.24, 2.45) is 0 Å². The molecule has 0 bridgehead atoms. The molecule has 4 rings (SSSR count). The topological polar surface area (TPSA) is 93.1 Å². The molecular formula is C25H18O6S. The molecule has 0 aliphatic carbocycles. The number of carbonyl (C=O) groups is 2. The van der Waals surface area contributed by atoms with Gasteiger partial charge in [0.1, 0.15) is 22.1 Å². The number of carboxylic acids is 1. The SMILES string of the molecule is COc1ccc2c(Oc3ccc(/C=C/C(=O)O)cc3)c(C(=O)c3ccc(O)cc3)sc2c1. The number of carboxylic acid groups (broad SMARTS) is 1. The molecule has 0 unspecified atom stereocenters. The van der Waals surface area contributed by atoms with Gasteiger partial charge in [0.2, 0.25) is 5.78 Å². The zero-order chi connectivity index (χ0) is 22.7. The van der Waals surface area contributed by atoms with E-state index in [1.807, 2.05) is 12.1 Å². The summed E-state index contributed by atoms with van der Waals surface area (Å²) >= 11 is 1.30. The molecule has 1 aromatic heterocycles. The van der Waals surface area contributed by atoms with Crippen molar-refractivity contribution in [1.29, 1.82) is 0 Å². The van der Waals surface area contributed by atoms with Crippen molar-refractivity contribution in [1.82, 2.24) is 0 Å². The van der Waals surface area contributed by atoms with Crippen LogP contribution in [0.3, 0.4) is 0 Å². The third kappa shape index (κ3) is 4.48. The zero-order valence-electron chi connectivity index (χ0n) is 16.9. The lowest BCUT2D eigenvalue weighted by atomic mass is 10.1. The smallest absolute Gasteiger partial charge is 0.328 e. The first-order chi connectivity index (χ1) is 15.4. The molecule has 0 saturated heterocycles. The van der Waals surface area contributed by atoms with Crippen LogP contribution in [-0.2, 0) is 4.79 Å². The van der Waals surface area contributed by atoms with Gasteiger partial charge in [-0.1, -0.05) is 12.1 Å². The Bertz CT molecular complexity index is 1320. The fourth-order valence-electron chi connectivity index (χ4n) is 3.11. The van der Waals surface area contributed by atoms with E-state index in [9.17, 15) is 14.7 Å². The maximum absolute atomic E-state index is 13.2. The molecule has 160 valence electrons. The zero-order valence-corrected chi connectivity index (χ0v) is 17.8. The second-order valence-corrected chi connectivity index (χ2v) is 7.89. The predicted molar refractivity (Wildman–Crippen MR) is 123 cm³/mol. The Morgan fingerprint density at radius 1 is 0.938 bits per heavy atom. The van der Waals surface area contributed by atoms with Crippen molar-refractivity contribution < 1.29 is 29.3 Å². The van der Waals surface area contributed by atoms with Crippen LogP contribution in [0.15, 0.2) is 72.8 Å². The Morgan fingerprint density at radius 3 is 2.28 bits per heavy atom. The average Bonchev–Trinajstić information content (AvgIpc) is 3.16. The van der Waals surface area contributed by atoms with Crippen LogP contribution >= 0.6 is 11.3 Å². The van der Waals surface area contributed by atoms with E-state index in [2.05, 4.69) is 0 Å². The number of aliphatic carboxylic acids is 1. The van der Waals surface area contributed by atoms with Gasteiger partial charge in [0.15, 0.2) is 5.75 Å². The second kappa shape index (κ2) is 8.95. The quantitative estimate of drug-likeness (QED) is 0.278. The van der Waals surface area contributed by atoms with Crippen LogP contribution in [-0.4, -0.2) is 29.1 Å². The first-order valence-corrected chi connectivity index (χ1v) is 10.4. The molecule has 32 heavy (non-hydrogen) atoms. The summed E-state index contributed by atoms with van der Waals surface area (Å²) in [4.78, 5) is 24.4. The largest absolute Gasteiger partial charge is 0.508 e. The van der Waals surface area contributed by atoms with Gasteiger partial charge in [-0.3, -0.25) is 4.79 Å². The molecular weight excluding hydrogens is 428 g/mol. The van der Waals surface area contributed by atoms with E-state index < -0.39 is 5.97 Å². The molecule has 6 nitrogen and oxygen atoms in total. The summed E-state index contributed by atoms with van der Waals surface area (Å²) < 4.78 is 12.3. The monoisotopic (exact) mass is 446 g/mol. The van der Waals surface area contributed by atoms with E-state index >= 15 is 0 Å². The number of phenolic OH excluding ortho intramolecular Hbond substituents is 1. The normalized spacial score (nSPS) is 11.0. The number of rotatable bonds is 7. The van der Waals surface area contributed by atoms with Crippen LogP contribution in [0.5, 0.6) is 23.0 Å². The molecule has 0 aliphatic rings. The van der Waals surface area contributed by atoms with Crippen molar-refractivity contribution in [3.8, 4) is 23.0 Å². The van der Waals surface area contributed by atoms with Gasteiger partial charge < -0.3 is 19.7 Å². The van der Waals surface area contributed by atoms with Gasteiger partial charge >= 0.3 is 5.97 Å². The molecule has 0 fully saturated rings. The molecule has 3 aromatic carbocycles. The van der Waals surface area contributed by atoms with E-state index in [0.717, 1.165) is 16.2 Å². The van der Waals surface area contributed by atoms with Crippen LogP contribution in [0.4, 0.5) is 0 Å². The maximum Gasteiger partial charge on any atom is 0.328 e. The Kier molecular flexibility index (Phi) is 5.91. The van der Waals surface area contributed by atoms with Gasteiger partial charge in [-0.25, -0.2) is 4.79 Å². The minimum Gasteiger partial charge on any atom is -0.508 e. The van der Waals surface area contributed by atoms with E-state index in [0.29, 0.717) is 33.3 Å². The molecule has 0 radical (unpaired) electrons. The van der Waals surface area contributed by atoms with Crippen molar-refractivity contribution in [2.75, 3.05) is 7.11 Å². The van der Waals surface area contributed by atoms with Crippen molar-refractivity contribution in [3.05, 3.63) is 88.8 Å². The van der Waals surface area contributed by atoms with Gasteiger partial charge in [-0.15, -0.1) is 11.3 Å². The first-order valence-electron chi connectivity index (χ1n) is 9.58. The lowest BCUT2D eigenvalue weighted by Gasteiger charge is -2.08. The summed E-state index contributed by atoms with van der Waals surface area (Å²) in [6, 6.07) is 18.4. The van der Waals surface area contributed by atoms with Crippen molar-refractivity contribution in [2.45, 2.75) is 0 Å². The summed E-state index contributed by atoms with van der Waals surface area (Å²) in [6.07, 6.45) is 2.54. The standard InChI is InChI=1S/C25H18O6S/c1-30-19-11-12-20-21(14-19)32-25(23(29)16-5-7-17(26)8-6-16)24(20)31-18-9-2-15(3-10-18)4-13-22(27)28/h2-14,26H,1H3,(H,27,28)/b13-4+. The average molecular weight is 446 g/mol. The van der Waals surface area contributed by atoms with Crippen LogP contribution in [0.2, 0.25) is 0 Å². The third-order valence-electron chi connectivity index (χ3n) is 4.71. The number of ketones is 1. The molecule has 0 atom stereocenters. The number of benzene rings is 3. The van der Waals surface area contributed by atoms with E-state index in [4.69, 9.17) is 14.6 Å². The Morgan fingerprint density at radius 2 is 1.62 bits per heavy atom. The van der Waals surface area contributed by atoms with Gasteiger partial charge in [0.05, 0.1) is 7.11 Å². The van der Waals surface area contributed by atoms with Crippen LogP contribution in [0.25, 0.3) is 16.2 Å². The number of methoxy groups -OCH3 is 1. The Balaban J connectivity index is 1.74. The van der Waals surface area contributed by atoms with Crippen LogP contribution in [0.1, 0.15) is 20.8 Å². The highest BCUT2D eigenvalue weighted by Crippen LogP contribution is 2.42. The van der Waals surface area contributed by atoms with Crippen molar-refractivity contribution in [3.63, 3.8) is 0 Å². The summed E-state index contributed by atoms with van der Waals surface area (Å²) in [5, 5.41) is 19.1. The molecule has 0 amide bonds. The summed E-state index contributed by atoms with van der Waals surface area (Å²) in [6.45, 7) is 0. The Hall–Kier alpha value is -4.10. The number of phenols is 1. The number of hydrogen-bond donors (Lipinski definition) is 2. The lowest BCUT2D eigenvalue weighted by molar-refractivity contribution is -0.131.